The molecule has 2 rings (SSSR count). The van der Waals surface area contributed by atoms with E-state index in [2.05, 4.69) is 0 Å². The molecule has 1 aromatic carbocycles. The number of carbonyl (C=O) groups is 2. The zero-order valence-electron chi connectivity index (χ0n) is 13.3. The molecule has 1 amide bonds. The van der Waals surface area contributed by atoms with Gasteiger partial charge in [0.25, 0.3) is 0 Å². The van der Waals surface area contributed by atoms with Crippen molar-refractivity contribution in [3.05, 3.63) is 35.4 Å². The third-order valence-electron chi connectivity index (χ3n) is 4.82. The van der Waals surface area contributed by atoms with Gasteiger partial charge in [-0.05, 0) is 30.4 Å². The molecular formula is C17H21F2NO3. The van der Waals surface area contributed by atoms with E-state index >= 15 is 0 Å². The molecule has 1 fully saturated rings. The second-order valence-corrected chi connectivity index (χ2v) is 6.39. The lowest BCUT2D eigenvalue weighted by molar-refractivity contribution is -0.151. The minimum absolute atomic E-state index is 0.0359. The van der Waals surface area contributed by atoms with Crippen LogP contribution in [0.5, 0.6) is 0 Å². The predicted molar refractivity (Wildman–Crippen MR) is 80.8 cm³/mol. The SMILES string of the molecule is CC(C)C1(C(=O)O)CCN(C(=O)CCc2cccc(F)c2F)C1. The number of rotatable bonds is 5. The maximum Gasteiger partial charge on any atom is 0.311 e. The number of carbonyl (C=O) groups excluding carboxylic acids is 1. The highest BCUT2D eigenvalue weighted by Crippen LogP contribution is 2.38. The summed E-state index contributed by atoms with van der Waals surface area (Å²) < 4.78 is 26.7. The monoisotopic (exact) mass is 325 g/mol. The molecule has 0 bridgehead atoms. The van der Waals surface area contributed by atoms with Gasteiger partial charge < -0.3 is 10.0 Å². The number of aliphatic carboxylic acids is 1. The topological polar surface area (TPSA) is 57.6 Å². The number of likely N-dealkylation sites (tertiary alicyclic amines) is 1. The van der Waals surface area contributed by atoms with Gasteiger partial charge in [-0.1, -0.05) is 26.0 Å². The van der Waals surface area contributed by atoms with Gasteiger partial charge >= 0.3 is 5.97 Å². The average Bonchev–Trinajstić information content (AvgIpc) is 2.95. The molecule has 0 aromatic heterocycles. The van der Waals surface area contributed by atoms with Crippen LogP contribution in [-0.4, -0.2) is 35.0 Å². The van der Waals surface area contributed by atoms with E-state index in [9.17, 15) is 23.5 Å². The number of hydrogen-bond acceptors (Lipinski definition) is 2. The van der Waals surface area contributed by atoms with Crippen molar-refractivity contribution >= 4 is 11.9 Å². The number of aryl methyl sites for hydroxylation is 1. The maximum atomic E-state index is 13.6. The van der Waals surface area contributed by atoms with Gasteiger partial charge in [0, 0.05) is 19.5 Å². The van der Waals surface area contributed by atoms with Crippen LogP contribution in [0.25, 0.3) is 0 Å². The van der Waals surface area contributed by atoms with Crippen LogP contribution in [0.2, 0.25) is 0 Å². The summed E-state index contributed by atoms with van der Waals surface area (Å²) in [5.41, 5.74) is -0.759. The number of benzene rings is 1. The number of halogens is 2. The molecule has 1 unspecified atom stereocenters. The molecule has 4 nitrogen and oxygen atoms in total. The zero-order chi connectivity index (χ0) is 17.2. The fourth-order valence-corrected chi connectivity index (χ4v) is 3.08. The summed E-state index contributed by atoms with van der Waals surface area (Å²) in [5.74, 6) is -3.06. The van der Waals surface area contributed by atoms with Gasteiger partial charge in [0.1, 0.15) is 0 Å². The van der Waals surface area contributed by atoms with E-state index < -0.39 is 23.0 Å². The van der Waals surface area contributed by atoms with Crippen LogP contribution in [0.1, 0.15) is 32.3 Å². The lowest BCUT2D eigenvalue weighted by atomic mass is 9.76. The number of amides is 1. The van der Waals surface area contributed by atoms with Crippen molar-refractivity contribution in [2.45, 2.75) is 33.1 Å². The minimum atomic E-state index is -0.930. The van der Waals surface area contributed by atoms with Gasteiger partial charge in [-0.2, -0.15) is 0 Å². The first kappa shape index (κ1) is 17.4. The van der Waals surface area contributed by atoms with E-state index in [0.717, 1.165) is 6.07 Å². The van der Waals surface area contributed by atoms with E-state index in [1.807, 2.05) is 13.8 Å². The molecular weight excluding hydrogens is 304 g/mol. The molecule has 1 aromatic rings. The Labute approximate surface area is 134 Å². The first-order valence-corrected chi connectivity index (χ1v) is 7.72. The molecule has 6 heteroatoms. The summed E-state index contributed by atoms with van der Waals surface area (Å²) >= 11 is 0. The minimum Gasteiger partial charge on any atom is -0.481 e. The van der Waals surface area contributed by atoms with E-state index in [1.54, 1.807) is 0 Å². The molecule has 23 heavy (non-hydrogen) atoms. The van der Waals surface area contributed by atoms with Crippen LogP contribution in [-0.2, 0) is 16.0 Å². The third-order valence-corrected chi connectivity index (χ3v) is 4.82. The lowest BCUT2D eigenvalue weighted by Gasteiger charge is -2.28. The summed E-state index contributed by atoms with van der Waals surface area (Å²) in [6.45, 7) is 4.23. The van der Waals surface area contributed by atoms with E-state index in [0.29, 0.717) is 13.0 Å². The molecule has 1 aliphatic rings. The molecule has 0 saturated carbocycles. The van der Waals surface area contributed by atoms with Crippen molar-refractivity contribution in [2.75, 3.05) is 13.1 Å². The normalized spacial score (nSPS) is 21.0. The van der Waals surface area contributed by atoms with Gasteiger partial charge in [0.2, 0.25) is 5.91 Å². The van der Waals surface area contributed by atoms with Crippen LogP contribution < -0.4 is 0 Å². The molecule has 1 saturated heterocycles. The number of hydrogen-bond donors (Lipinski definition) is 1. The Hall–Kier alpha value is -1.98. The quantitative estimate of drug-likeness (QED) is 0.905. The first-order valence-electron chi connectivity index (χ1n) is 7.72. The van der Waals surface area contributed by atoms with Gasteiger partial charge in [0.15, 0.2) is 11.6 Å². The van der Waals surface area contributed by atoms with E-state index in [1.165, 1.54) is 17.0 Å². The highest BCUT2D eigenvalue weighted by molar-refractivity contribution is 5.81. The van der Waals surface area contributed by atoms with Crippen LogP contribution >= 0.6 is 0 Å². The Morgan fingerprint density at radius 2 is 2.04 bits per heavy atom. The van der Waals surface area contributed by atoms with Crippen molar-refractivity contribution < 1.29 is 23.5 Å². The van der Waals surface area contributed by atoms with Crippen LogP contribution in [0, 0.1) is 23.0 Å². The van der Waals surface area contributed by atoms with E-state index in [4.69, 9.17) is 0 Å². The summed E-state index contributed by atoms with van der Waals surface area (Å²) in [4.78, 5) is 25.3. The predicted octanol–water partition coefficient (Wildman–Crippen LogP) is 2.86. The summed E-state index contributed by atoms with van der Waals surface area (Å²) in [6, 6.07) is 3.89. The number of nitrogens with zero attached hydrogens (tertiary/aromatic N) is 1. The first-order chi connectivity index (χ1) is 10.8. The van der Waals surface area contributed by atoms with Crippen molar-refractivity contribution in [3.63, 3.8) is 0 Å². The van der Waals surface area contributed by atoms with Gasteiger partial charge in [0.05, 0.1) is 5.41 Å². The Kier molecular flexibility index (Phi) is 5.02. The lowest BCUT2D eigenvalue weighted by Crippen LogP contribution is -2.40. The fraction of sp³-hybridized carbons (Fsp3) is 0.529. The highest BCUT2D eigenvalue weighted by atomic mass is 19.2. The third kappa shape index (κ3) is 3.35. The summed E-state index contributed by atoms with van der Waals surface area (Å²) in [7, 11) is 0. The molecule has 1 heterocycles. The zero-order valence-corrected chi connectivity index (χ0v) is 13.3. The largest absolute Gasteiger partial charge is 0.481 e. The second kappa shape index (κ2) is 6.64. The summed E-state index contributed by atoms with van der Waals surface area (Å²) in [6.07, 6.45) is 0.551. The maximum absolute atomic E-state index is 13.6. The molecule has 0 radical (unpaired) electrons. The van der Waals surface area contributed by atoms with Gasteiger partial charge in [-0.3, -0.25) is 9.59 Å². The smallest absolute Gasteiger partial charge is 0.311 e. The Morgan fingerprint density at radius 3 is 2.61 bits per heavy atom. The van der Waals surface area contributed by atoms with E-state index in [-0.39, 0.29) is 36.8 Å². The molecule has 1 aliphatic heterocycles. The van der Waals surface area contributed by atoms with Crippen molar-refractivity contribution in [2.24, 2.45) is 11.3 Å². The average molecular weight is 325 g/mol. The molecule has 0 spiro atoms. The fourth-order valence-electron chi connectivity index (χ4n) is 3.08. The standard InChI is InChI=1S/C17H21F2NO3/c1-11(2)17(16(22)23)8-9-20(10-17)14(21)7-6-12-4-3-5-13(18)15(12)19/h3-5,11H,6-10H2,1-2H3,(H,22,23). The Bertz CT molecular complexity index is 618. The number of carboxylic acids is 1. The van der Waals surface area contributed by atoms with Gasteiger partial charge in [-0.15, -0.1) is 0 Å². The molecule has 0 aliphatic carbocycles. The number of carboxylic acid groups (broad SMARTS) is 1. The molecule has 1 N–H and O–H groups in total. The highest BCUT2D eigenvalue weighted by Gasteiger charge is 2.48. The van der Waals surface area contributed by atoms with Crippen LogP contribution in [0.15, 0.2) is 18.2 Å². The Balaban J connectivity index is 2.00. The van der Waals surface area contributed by atoms with Crippen LogP contribution in [0.4, 0.5) is 8.78 Å². The van der Waals surface area contributed by atoms with Crippen molar-refractivity contribution in [1.29, 1.82) is 0 Å². The van der Waals surface area contributed by atoms with Crippen molar-refractivity contribution in [3.8, 4) is 0 Å². The summed E-state index contributed by atoms with van der Waals surface area (Å²) in [5, 5.41) is 9.48. The second-order valence-electron chi connectivity index (χ2n) is 6.39. The Morgan fingerprint density at radius 1 is 1.35 bits per heavy atom. The van der Waals surface area contributed by atoms with Crippen molar-refractivity contribution in [1.82, 2.24) is 4.90 Å². The molecule has 1 atom stereocenters. The van der Waals surface area contributed by atoms with Gasteiger partial charge in [-0.25, -0.2) is 8.78 Å². The van der Waals surface area contributed by atoms with Crippen LogP contribution in [0.3, 0.4) is 0 Å². The molecule has 126 valence electrons.